The Morgan fingerprint density at radius 1 is 1.70 bits per heavy atom. The summed E-state index contributed by atoms with van der Waals surface area (Å²) in [5, 5.41) is 12.1. The van der Waals surface area contributed by atoms with Gasteiger partial charge < -0.3 is 5.11 Å². The molecule has 1 aromatic rings. The SMILES string of the molecule is OC1NCc2ncccc21. The number of rotatable bonds is 0. The van der Waals surface area contributed by atoms with Crippen LogP contribution in [0.3, 0.4) is 0 Å². The molecule has 0 spiro atoms. The lowest BCUT2D eigenvalue weighted by Gasteiger charge is -2.00. The van der Waals surface area contributed by atoms with Crippen LogP contribution in [-0.2, 0) is 6.54 Å². The number of fused-ring (bicyclic) bond motifs is 1. The summed E-state index contributed by atoms with van der Waals surface area (Å²) in [5.41, 5.74) is 1.86. The Morgan fingerprint density at radius 2 is 2.60 bits per heavy atom. The summed E-state index contributed by atoms with van der Waals surface area (Å²) in [4.78, 5) is 4.09. The highest BCUT2D eigenvalue weighted by Crippen LogP contribution is 2.19. The summed E-state index contributed by atoms with van der Waals surface area (Å²) < 4.78 is 0. The highest BCUT2D eigenvalue weighted by atomic mass is 16.3. The van der Waals surface area contributed by atoms with Crippen molar-refractivity contribution in [2.24, 2.45) is 0 Å². The molecule has 10 heavy (non-hydrogen) atoms. The van der Waals surface area contributed by atoms with Crippen molar-refractivity contribution in [3.63, 3.8) is 0 Å². The average molecular weight is 136 g/mol. The molecule has 1 aromatic heterocycles. The number of aromatic nitrogens is 1. The van der Waals surface area contributed by atoms with Gasteiger partial charge in [0.05, 0.1) is 5.69 Å². The van der Waals surface area contributed by atoms with Crippen LogP contribution in [0.25, 0.3) is 0 Å². The fraction of sp³-hybridized carbons (Fsp3) is 0.286. The minimum atomic E-state index is -0.510. The maximum Gasteiger partial charge on any atom is 0.133 e. The van der Waals surface area contributed by atoms with E-state index in [1.165, 1.54) is 0 Å². The second-order valence-electron chi connectivity index (χ2n) is 2.32. The van der Waals surface area contributed by atoms with Gasteiger partial charge in [0.2, 0.25) is 0 Å². The number of nitrogens with zero attached hydrogens (tertiary/aromatic N) is 1. The van der Waals surface area contributed by atoms with E-state index in [-0.39, 0.29) is 0 Å². The molecule has 3 heteroatoms. The standard InChI is InChI=1S/C7H8N2O/c10-7-5-2-1-3-8-6(5)4-9-7/h1-3,7,9-10H,4H2. The fourth-order valence-electron chi connectivity index (χ4n) is 1.15. The molecule has 0 saturated heterocycles. The van der Waals surface area contributed by atoms with E-state index in [1.807, 2.05) is 12.1 Å². The maximum atomic E-state index is 9.23. The summed E-state index contributed by atoms with van der Waals surface area (Å²) in [7, 11) is 0. The highest BCUT2D eigenvalue weighted by Gasteiger charge is 2.18. The molecule has 1 aliphatic heterocycles. The second kappa shape index (κ2) is 2.04. The van der Waals surface area contributed by atoms with Crippen molar-refractivity contribution >= 4 is 0 Å². The number of aliphatic hydroxyl groups is 1. The molecular formula is C7H8N2O. The molecule has 0 radical (unpaired) electrons. The number of hydrogen-bond donors (Lipinski definition) is 2. The molecule has 0 aromatic carbocycles. The molecule has 3 nitrogen and oxygen atoms in total. The maximum absolute atomic E-state index is 9.23. The van der Waals surface area contributed by atoms with Gasteiger partial charge >= 0.3 is 0 Å². The Morgan fingerprint density at radius 3 is 3.40 bits per heavy atom. The van der Waals surface area contributed by atoms with Crippen LogP contribution in [0, 0.1) is 0 Å². The number of aliphatic hydroxyl groups excluding tert-OH is 1. The van der Waals surface area contributed by atoms with Crippen LogP contribution in [0.2, 0.25) is 0 Å². The molecule has 0 fully saturated rings. The first kappa shape index (κ1) is 5.82. The molecule has 1 aliphatic rings. The number of nitrogens with one attached hydrogen (secondary N) is 1. The first-order valence-corrected chi connectivity index (χ1v) is 3.23. The average Bonchev–Trinajstić information content (AvgIpc) is 2.34. The molecule has 0 amide bonds. The van der Waals surface area contributed by atoms with Crippen LogP contribution < -0.4 is 5.32 Å². The van der Waals surface area contributed by atoms with Crippen molar-refractivity contribution in [2.45, 2.75) is 12.8 Å². The molecule has 2 rings (SSSR count). The van der Waals surface area contributed by atoms with Crippen LogP contribution in [0.5, 0.6) is 0 Å². The molecule has 0 saturated carbocycles. The highest BCUT2D eigenvalue weighted by molar-refractivity contribution is 5.25. The lowest BCUT2D eigenvalue weighted by atomic mass is 10.2. The minimum absolute atomic E-state index is 0.510. The molecule has 1 atom stereocenters. The van der Waals surface area contributed by atoms with Gasteiger partial charge in [0, 0.05) is 18.3 Å². The molecular weight excluding hydrogens is 128 g/mol. The van der Waals surface area contributed by atoms with E-state index in [0.717, 1.165) is 11.3 Å². The van der Waals surface area contributed by atoms with Crippen LogP contribution in [0.4, 0.5) is 0 Å². The summed E-state index contributed by atoms with van der Waals surface area (Å²) >= 11 is 0. The summed E-state index contributed by atoms with van der Waals surface area (Å²) in [5.74, 6) is 0. The van der Waals surface area contributed by atoms with Gasteiger partial charge in [0.15, 0.2) is 0 Å². The predicted molar refractivity (Wildman–Crippen MR) is 36.0 cm³/mol. The van der Waals surface area contributed by atoms with Gasteiger partial charge in [0.25, 0.3) is 0 Å². The zero-order valence-corrected chi connectivity index (χ0v) is 5.41. The van der Waals surface area contributed by atoms with Gasteiger partial charge in [0.1, 0.15) is 6.23 Å². The normalized spacial score (nSPS) is 22.7. The summed E-state index contributed by atoms with van der Waals surface area (Å²) in [6.07, 6.45) is 1.22. The van der Waals surface area contributed by atoms with Gasteiger partial charge in [-0.05, 0) is 6.07 Å². The van der Waals surface area contributed by atoms with E-state index in [4.69, 9.17) is 0 Å². The lowest BCUT2D eigenvalue weighted by molar-refractivity contribution is 0.151. The summed E-state index contributed by atoms with van der Waals surface area (Å²) in [6, 6.07) is 3.71. The molecule has 2 N–H and O–H groups in total. The minimum Gasteiger partial charge on any atom is -0.374 e. The van der Waals surface area contributed by atoms with Crippen molar-refractivity contribution in [1.82, 2.24) is 10.3 Å². The van der Waals surface area contributed by atoms with Gasteiger partial charge in [-0.25, -0.2) is 0 Å². The predicted octanol–water partition coefficient (Wildman–Crippen LogP) is 0.176. The number of pyridine rings is 1. The zero-order valence-electron chi connectivity index (χ0n) is 5.41. The molecule has 1 unspecified atom stereocenters. The Labute approximate surface area is 58.7 Å². The topological polar surface area (TPSA) is 45.1 Å². The van der Waals surface area contributed by atoms with Crippen molar-refractivity contribution in [3.05, 3.63) is 29.6 Å². The van der Waals surface area contributed by atoms with Gasteiger partial charge in [-0.2, -0.15) is 0 Å². The van der Waals surface area contributed by atoms with Crippen LogP contribution >= 0.6 is 0 Å². The Hall–Kier alpha value is -0.930. The van der Waals surface area contributed by atoms with Gasteiger partial charge in [-0.1, -0.05) is 6.07 Å². The molecule has 0 aliphatic carbocycles. The smallest absolute Gasteiger partial charge is 0.133 e. The van der Waals surface area contributed by atoms with Crippen LogP contribution in [-0.4, -0.2) is 10.1 Å². The summed E-state index contributed by atoms with van der Waals surface area (Å²) in [6.45, 7) is 0.678. The third kappa shape index (κ3) is 0.716. The third-order valence-electron chi connectivity index (χ3n) is 1.68. The van der Waals surface area contributed by atoms with Crippen LogP contribution in [0.15, 0.2) is 18.3 Å². The van der Waals surface area contributed by atoms with E-state index in [1.54, 1.807) is 6.20 Å². The van der Waals surface area contributed by atoms with E-state index < -0.39 is 6.23 Å². The van der Waals surface area contributed by atoms with Crippen molar-refractivity contribution < 1.29 is 5.11 Å². The van der Waals surface area contributed by atoms with E-state index in [9.17, 15) is 5.11 Å². The largest absolute Gasteiger partial charge is 0.374 e. The van der Waals surface area contributed by atoms with Crippen molar-refractivity contribution in [1.29, 1.82) is 0 Å². The first-order valence-electron chi connectivity index (χ1n) is 3.23. The van der Waals surface area contributed by atoms with E-state index in [2.05, 4.69) is 10.3 Å². The first-order chi connectivity index (χ1) is 4.88. The van der Waals surface area contributed by atoms with Gasteiger partial charge in [-0.15, -0.1) is 0 Å². The zero-order chi connectivity index (χ0) is 6.97. The van der Waals surface area contributed by atoms with Crippen LogP contribution in [0.1, 0.15) is 17.5 Å². The Balaban J connectivity index is 2.51. The lowest BCUT2D eigenvalue weighted by Crippen LogP contribution is -2.09. The molecule has 52 valence electrons. The quantitative estimate of drug-likeness (QED) is 0.534. The second-order valence-corrected chi connectivity index (χ2v) is 2.32. The molecule has 0 bridgehead atoms. The molecule has 2 heterocycles. The third-order valence-corrected chi connectivity index (χ3v) is 1.68. The monoisotopic (exact) mass is 136 g/mol. The van der Waals surface area contributed by atoms with E-state index in [0.29, 0.717) is 6.54 Å². The fourth-order valence-corrected chi connectivity index (χ4v) is 1.15. The Bertz CT molecular complexity index is 249. The number of hydrogen-bond acceptors (Lipinski definition) is 3. The van der Waals surface area contributed by atoms with Crippen molar-refractivity contribution in [3.8, 4) is 0 Å². The Kier molecular flexibility index (Phi) is 1.19. The van der Waals surface area contributed by atoms with Gasteiger partial charge in [-0.3, -0.25) is 10.3 Å². The van der Waals surface area contributed by atoms with E-state index >= 15 is 0 Å². The van der Waals surface area contributed by atoms with Crippen molar-refractivity contribution in [2.75, 3.05) is 0 Å².